The van der Waals surface area contributed by atoms with Gasteiger partial charge in [0.15, 0.2) is 0 Å². The Morgan fingerprint density at radius 3 is 2.79 bits per heavy atom. The molecule has 2 rings (SSSR count). The normalized spacial score (nSPS) is 24.6. The largest absolute Gasteiger partial charge is 0.378 e. The van der Waals surface area contributed by atoms with Crippen LogP contribution in [0.5, 0.6) is 0 Å². The van der Waals surface area contributed by atoms with Gasteiger partial charge in [0, 0.05) is 29.2 Å². The van der Waals surface area contributed by atoms with Crippen LogP contribution in [0.15, 0.2) is 18.2 Å². The van der Waals surface area contributed by atoms with E-state index in [1.165, 1.54) is 0 Å². The molecule has 4 heteroatoms. The Kier molecular flexibility index (Phi) is 5.52. The maximum atomic E-state index is 6.28. The summed E-state index contributed by atoms with van der Waals surface area (Å²) in [7, 11) is 0. The molecule has 1 aliphatic rings. The minimum atomic E-state index is 0.276. The summed E-state index contributed by atoms with van der Waals surface area (Å²) in [6.07, 6.45) is 2.49. The highest BCUT2D eigenvalue weighted by Crippen LogP contribution is 2.29. The van der Waals surface area contributed by atoms with Crippen LogP contribution in [-0.2, 0) is 4.74 Å². The molecule has 0 amide bonds. The molecule has 1 aromatic rings. The molecular weight excluding hydrogens is 281 g/mol. The first-order chi connectivity index (χ1) is 9.11. The fourth-order valence-electron chi connectivity index (χ4n) is 2.60. The third-order valence-corrected chi connectivity index (χ3v) is 4.47. The number of nitrogens with one attached hydrogen (secondary N) is 1. The summed E-state index contributed by atoms with van der Waals surface area (Å²) in [4.78, 5) is 0. The first kappa shape index (κ1) is 15.1. The third-order valence-electron chi connectivity index (χ3n) is 3.91. The topological polar surface area (TPSA) is 21.3 Å². The van der Waals surface area contributed by atoms with E-state index >= 15 is 0 Å². The number of hydrogen-bond donors (Lipinski definition) is 1. The summed E-state index contributed by atoms with van der Waals surface area (Å²) >= 11 is 12.2. The van der Waals surface area contributed by atoms with Gasteiger partial charge in [0.05, 0.1) is 6.10 Å². The maximum Gasteiger partial charge on any atom is 0.0588 e. The van der Waals surface area contributed by atoms with Crippen LogP contribution in [0.25, 0.3) is 0 Å². The Morgan fingerprint density at radius 2 is 2.21 bits per heavy atom. The minimum absolute atomic E-state index is 0.276. The lowest BCUT2D eigenvalue weighted by molar-refractivity contribution is 0.105. The van der Waals surface area contributed by atoms with Crippen molar-refractivity contribution >= 4 is 23.2 Å². The summed E-state index contributed by atoms with van der Waals surface area (Å²) in [5, 5.41) is 5.03. The Labute approximate surface area is 125 Å². The van der Waals surface area contributed by atoms with Crippen molar-refractivity contribution in [2.24, 2.45) is 5.92 Å². The Hall–Kier alpha value is -0.280. The Morgan fingerprint density at radius 1 is 1.42 bits per heavy atom. The van der Waals surface area contributed by atoms with Crippen LogP contribution in [0.3, 0.4) is 0 Å². The molecule has 0 spiro atoms. The second-order valence-electron chi connectivity index (χ2n) is 5.16. The van der Waals surface area contributed by atoms with Crippen LogP contribution in [0.1, 0.15) is 38.3 Å². The van der Waals surface area contributed by atoms with E-state index in [-0.39, 0.29) is 6.04 Å². The molecule has 0 aliphatic carbocycles. The van der Waals surface area contributed by atoms with Gasteiger partial charge in [-0.1, -0.05) is 36.2 Å². The van der Waals surface area contributed by atoms with Crippen molar-refractivity contribution in [1.29, 1.82) is 0 Å². The maximum absolute atomic E-state index is 6.28. The highest BCUT2D eigenvalue weighted by molar-refractivity contribution is 6.35. The van der Waals surface area contributed by atoms with Crippen LogP contribution < -0.4 is 5.32 Å². The molecule has 19 heavy (non-hydrogen) atoms. The summed E-state index contributed by atoms with van der Waals surface area (Å²) < 4.78 is 5.59. The van der Waals surface area contributed by atoms with Crippen molar-refractivity contribution in [3.63, 3.8) is 0 Å². The van der Waals surface area contributed by atoms with Gasteiger partial charge in [-0.15, -0.1) is 0 Å². The van der Waals surface area contributed by atoms with Crippen LogP contribution in [0.2, 0.25) is 10.0 Å². The summed E-state index contributed by atoms with van der Waals surface area (Å²) in [5.74, 6) is 0.597. The molecule has 1 heterocycles. The highest BCUT2D eigenvalue weighted by Gasteiger charge is 2.25. The predicted octanol–water partition coefficient (Wildman–Crippen LogP) is 4.46. The summed E-state index contributed by atoms with van der Waals surface area (Å²) in [6.45, 7) is 6.16. The fourth-order valence-corrected chi connectivity index (χ4v) is 3.14. The lowest BCUT2D eigenvalue weighted by atomic mass is 10.00. The van der Waals surface area contributed by atoms with E-state index in [0.29, 0.717) is 17.0 Å². The second kappa shape index (κ2) is 6.94. The molecule has 106 valence electrons. The quantitative estimate of drug-likeness (QED) is 0.867. The van der Waals surface area contributed by atoms with Gasteiger partial charge in [0.1, 0.15) is 0 Å². The molecule has 1 fully saturated rings. The molecular formula is C15H21Cl2NO. The molecule has 1 aliphatic heterocycles. The zero-order valence-electron chi connectivity index (χ0n) is 11.5. The molecule has 2 nitrogen and oxygen atoms in total. The predicted molar refractivity (Wildman–Crippen MR) is 81.0 cm³/mol. The molecule has 3 atom stereocenters. The average molecular weight is 302 g/mol. The van der Waals surface area contributed by atoms with Crippen LogP contribution >= 0.6 is 23.2 Å². The number of hydrogen-bond acceptors (Lipinski definition) is 2. The minimum Gasteiger partial charge on any atom is -0.378 e. The van der Waals surface area contributed by atoms with Gasteiger partial charge in [-0.05, 0) is 43.4 Å². The first-order valence-electron chi connectivity index (χ1n) is 6.91. The van der Waals surface area contributed by atoms with Gasteiger partial charge in [0.2, 0.25) is 0 Å². The number of rotatable bonds is 5. The van der Waals surface area contributed by atoms with E-state index in [0.717, 1.165) is 36.6 Å². The van der Waals surface area contributed by atoms with Crippen molar-refractivity contribution in [2.75, 3.05) is 13.2 Å². The Bertz CT molecular complexity index is 425. The van der Waals surface area contributed by atoms with Gasteiger partial charge >= 0.3 is 0 Å². The first-order valence-corrected chi connectivity index (χ1v) is 7.67. The lowest BCUT2D eigenvalue weighted by Crippen LogP contribution is -2.30. The number of ether oxygens (including phenoxy) is 1. The van der Waals surface area contributed by atoms with E-state index < -0.39 is 0 Å². The molecule has 1 aromatic carbocycles. The number of benzene rings is 1. The highest BCUT2D eigenvalue weighted by atomic mass is 35.5. The van der Waals surface area contributed by atoms with Gasteiger partial charge in [-0.2, -0.15) is 0 Å². The molecule has 1 saturated heterocycles. The smallest absolute Gasteiger partial charge is 0.0588 e. The van der Waals surface area contributed by atoms with E-state index in [4.69, 9.17) is 27.9 Å². The van der Waals surface area contributed by atoms with E-state index in [9.17, 15) is 0 Å². The number of halogens is 2. The van der Waals surface area contributed by atoms with Crippen molar-refractivity contribution in [3.8, 4) is 0 Å². The molecule has 0 radical (unpaired) electrons. The summed E-state index contributed by atoms with van der Waals surface area (Å²) in [6, 6.07) is 6.00. The molecule has 0 aromatic heterocycles. The lowest BCUT2D eigenvalue weighted by Gasteiger charge is -2.22. The zero-order chi connectivity index (χ0) is 13.8. The van der Waals surface area contributed by atoms with Crippen molar-refractivity contribution in [3.05, 3.63) is 33.8 Å². The molecule has 3 unspecified atom stereocenters. The standard InChI is InChI=1S/C15H21Cl2NO/c1-3-15(13-5-4-12(16)8-14(13)17)18-9-11-6-7-19-10(11)2/h4-5,8,10-11,15,18H,3,6-7,9H2,1-2H3. The van der Waals surface area contributed by atoms with Crippen LogP contribution in [0.4, 0.5) is 0 Å². The second-order valence-corrected chi connectivity index (χ2v) is 6.00. The van der Waals surface area contributed by atoms with Crippen LogP contribution in [0, 0.1) is 5.92 Å². The third kappa shape index (κ3) is 3.85. The monoisotopic (exact) mass is 301 g/mol. The van der Waals surface area contributed by atoms with E-state index in [2.05, 4.69) is 19.2 Å². The molecule has 1 N–H and O–H groups in total. The Balaban J connectivity index is 1.99. The van der Waals surface area contributed by atoms with Gasteiger partial charge in [-0.25, -0.2) is 0 Å². The van der Waals surface area contributed by atoms with Crippen molar-refractivity contribution < 1.29 is 4.74 Å². The zero-order valence-corrected chi connectivity index (χ0v) is 13.0. The average Bonchev–Trinajstić information content (AvgIpc) is 2.78. The van der Waals surface area contributed by atoms with Gasteiger partial charge < -0.3 is 10.1 Å². The summed E-state index contributed by atoms with van der Waals surface area (Å²) in [5.41, 5.74) is 1.13. The van der Waals surface area contributed by atoms with Crippen molar-refractivity contribution in [2.45, 2.75) is 38.8 Å². The fraction of sp³-hybridized carbons (Fsp3) is 0.600. The van der Waals surface area contributed by atoms with Crippen LogP contribution in [-0.4, -0.2) is 19.3 Å². The molecule has 0 bridgehead atoms. The van der Waals surface area contributed by atoms with E-state index in [1.807, 2.05) is 18.2 Å². The van der Waals surface area contributed by atoms with Gasteiger partial charge in [-0.3, -0.25) is 0 Å². The molecule has 0 saturated carbocycles. The van der Waals surface area contributed by atoms with Crippen molar-refractivity contribution in [1.82, 2.24) is 5.32 Å². The van der Waals surface area contributed by atoms with E-state index in [1.54, 1.807) is 0 Å². The van der Waals surface area contributed by atoms with Gasteiger partial charge in [0.25, 0.3) is 0 Å². The SMILES string of the molecule is CCC(NCC1CCOC1C)c1ccc(Cl)cc1Cl.